The lowest BCUT2D eigenvalue weighted by Gasteiger charge is -2.30. The van der Waals surface area contributed by atoms with Crippen LogP contribution in [0.1, 0.15) is 15.9 Å². The third-order valence-electron chi connectivity index (χ3n) is 2.72. The minimum atomic E-state index is -4.46. The molecule has 7 heteroatoms. The van der Waals surface area contributed by atoms with E-state index in [0.29, 0.717) is 9.98 Å². The molecule has 0 fully saturated rings. The van der Waals surface area contributed by atoms with E-state index in [9.17, 15) is 18.0 Å². The molecule has 1 aliphatic heterocycles. The standard InChI is InChI=1S/C12H9ClF3NO2/c1-19-11(18)8-2-4-9-7(6-8)3-5-10(17(9)13)12(14,15)16/h2-6,10H,1H3. The summed E-state index contributed by atoms with van der Waals surface area (Å²) >= 11 is 5.71. The molecule has 0 N–H and O–H groups in total. The van der Waals surface area contributed by atoms with E-state index in [0.717, 1.165) is 6.08 Å². The van der Waals surface area contributed by atoms with E-state index in [4.69, 9.17) is 11.8 Å². The highest BCUT2D eigenvalue weighted by molar-refractivity contribution is 6.27. The van der Waals surface area contributed by atoms with Crippen LogP contribution in [-0.2, 0) is 4.74 Å². The van der Waals surface area contributed by atoms with Crippen LogP contribution in [0.3, 0.4) is 0 Å². The van der Waals surface area contributed by atoms with Crippen LogP contribution in [-0.4, -0.2) is 25.3 Å². The van der Waals surface area contributed by atoms with E-state index in [-0.39, 0.29) is 11.3 Å². The normalized spacial score (nSPS) is 18.2. The molecule has 1 aromatic carbocycles. The molecule has 3 nitrogen and oxygen atoms in total. The molecule has 1 aliphatic rings. The average molecular weight is 292 g/mol. The monoisotopic (exact) mass is 291 g/mol. The minimum Gasteiger partial charge on any atom is -0.465 e. The number of anilines is 1. The first-order chi connectivity index (χ1) is 8.84. The summed E-state index contributed by atoms with van der Waals surface area (Å²) in [6.07, 6.45) is -2.23. The number of hydrogen-bond donors (Lipinski definition) is 0. The number of alkyl halides is 3. The highest BCUT2D eigenvalue weighted by Gasteiger charge is 2.43. The fourth-order valence-corrected chi connectivity index (χ4v) is 2.11. The first-order valence-electron chi connectivity index (χ1n) is 5.27. The molecule has 0 radical (unpaired) electrons. The number of halogens is 4. The van der Waals surface area contributed by atoms with Gasteiger partial charge in [0.15, 0.2) is 6.04 Å². The van der Waals surface area contributed by atoms with Gasteiger partial charge >= 0.3 is 12.1 Å². The lowest BCUT2D eigenvalue weighted by Crippen LogP contribution is -2.40. The van der Waals surface area contributed by atoms with Gasteiger partial charge in [0.25, 0.3) is 0 Å². The number of nitrogens with zero attached hydrogens (tertiary/aromatic N) is 1. The van der Waals surface area contributed by atoms with Crippen molar-refractivity contribution >= 4 is 29.5 Å². The molecule has 102 valence electrons. The number of methoxy groups -OCH3 is 1. The van der Waals surface area contributed by atoms with Crippen molar-refractivity contribution in [3.8, 4) is 0 Å². The summed E-state index contributed by atoms with van der Waals surface area (Å²) in [7, 11) is 1.23. The molecule has 1 atom stereocenters. The van der Waals surface area contributed by atoms with Gasteiger partial charge in [-0.05, 0) is 23.8 Å². The summed E-state index contributed by atoms with van der Waals surface area (Å²) in [6.45, 7) is 0. The first kappa shape index (κ1) is 13.7. The molecule has 0 saturated heterocycles. The Balaban J connectivity index is 2.40. The molecule has 0 aliphatic carbocycles. The van der Waals surface area contributed by atoms with Crippen molar-refractivity contribution in [1.82, 2.24) is 0 Å². The number of benzene rings is 1. The van der Waals surface area contributed by atoms with Crippen molar-refractivity contribution in [3.63, 3.8) is 0 Å². The van der Waals surface area contributed by atoms with Gasteiger partial charge in [0, 0.05) is 11.8 Å². The molecular formula is C12H9ClF3NO2. The van der Waals surface area contributed by atoms with Crippen LogP contribution in [0.4, 0.5) is 18.9 Å². The predicted octanol–water partition coefficient (Wildman–Crippen LogP) is 3.39. The van der Waals surface area contributed by atoms with Crippen LogP contribution in [0.25, 0.3) is 6.08 Å². The van der Waals surface area contributed by atoms with Crippen LogP contribution in [0.2, 0.25) is 0 Å². The van der Waals surface area contributed by atoms with Crippen molar-refractivity contribution < 1.29 is 22.7 Å². The number of carbonyl (C=O) groups is 1. The van der Waals surface area contributed by atoms with E-state index in [1.807, 2.05) is 0 Å². The highest BCUT2D eigenvalue weighted by atomic mass is 35.5. The number of carbonyl (C=O) groups excluding carboxylic acids is 1. The third kappa shape index (κ3) is 2.53. The van der Waals surface area contributed by atoms with Crippen molar-refractivity contribution in [2.24, 2.45) is 0 Å². The summed E-state index contributed by atoms with van der Waals surface area (Å²) in [5.74, 6) is -0.560. The van der Waals surface area contributed by atoms with Gasteiger partial charge in [-0.3, -0.25) is 4.42 Å². The van der Waals surface area contributed by atoms with Crippen LogP contribution in [0.5, 0.6) is 0 Å². The molecule has 0 aromatic heterocycles. The molecule has 0 saturated carbocycles. The van der Waals surface area contributed by atoms with Crippen LogP contribution in [0, 0.1) is 0 Å². The predicted molar refractivity (Wildman–Crippen MR) is 65.0 cm³/mol. The molecule has 1 unspecified atom stereocenters. The molecule has 0 spiro atoms. The van der Waals surface area contributed by atoms with Gasteiger partial charge < -0.3 is 4.74 Å². The Labute approximate surface area is 112 Å². The Kier molecular flexibility index (Phi) is 3.45. The van der Waals surface area contributed by atoms with Gasteiger partial charge in [-0.15, -0.1) is 0 Å². The Hall–Kier alpha value is -1.69. The SMILES string of the molecule is COC(=O)c1ccc2c(c1)C=CC(C(F)(F)F)N2Cl. The number of ether oxygens (including phenoxy) is 1. The molecule has 19 heavy (non-hydrogen) atoms. The van der Waals surface area contributed by atoms with Crippen LogP contribution < -0.4 is 4.42 Å². The van der Waals surface area contributed by atoms with E-state index in [1.54, 1.807) is 0 Å². The molecule has 0 bridgehead atoms. The lowest BCUT2D eigenvalue weighted by atomic mass is 10.0. The fraction of sp³-hybridized carbons (Fsp3) is 0.250. The number of esters is 1. The van der Waals surface area contributed by atoms with Gasteiger partial charge in [0.1, 0.15) is 0 Å². The Morgan fingerprint density at radius 3 is 2.68 bits per heavy atom. The van der Waals surface area contributed by atoms with Crippen molar-refractivity contribution in [3.05, 3.63) is 35.4 Å². The zero-order valence-electron chi connectivity index (χ0n) is 9.74. The van der Waals surface area contributed by atoms with Gasteiger partial charge in [-0.25, -0.2) is 4.79 Å². The fourth-order valence-electron chi connectivity index (χ4n) is 1.79. The van der Waals surface area contributed by atoms with Gasteiger partial charge in [0.2, 0.25) is 0 Å². The van der Waals surface area contributed by atoms with Crippen molar-refractivity contribution in [2.45, 2.75) is 12.2 Å². The molecular weight excluding hydrogens is 283 g/mol. The van der Waals surface area contributed by atoms with Crippen LogP contribution in [0.15, 0.2) is 24.3 Å². The average Bonchev–Trinajstić information content (AvgIpc) is 2.36. The second kappa shape index (κ2) is 4.77. The topological polar surface area (TPSA) is 29.5 Å². The minimum absolute atomic E-state index is 0.194. The number of hydrogen-bond acceptors (Lipinski definition) is 3. The zero-order valence-corrected chi connectivity index (χ0v) is 10.5. The van der Waals surface area contributed by atoms with Crippen molar-refractivity contribution in [1.29, 1.82) is 0 Å². The molecule has 0 amide bonds. The largest absolute Gasteiger partial charge is 0.465 e. The smallest absolute Gasteiger partial charge is 0.413 e. The summed E-state index contributed by atoms with van der Waals surface area (Å²) in [6, 6.07) is 2.27. The van der Waals surface area contributed by atoms with Gasteiger partial charge in [0.05, 0.1) is 18.4 Å². The highest BCUT2D eigenvalue weighted by Crippen LogP contribution is 2.37. The molecule has 1 aromatic rings. The third-order valence-corrected chi connectivity index (χ3v) is 3.11. The maximum absolute atomic E-state index is 12.7. The lowest BCUT2D eigenvalue weighted by molar-refractivity contribution is -0.135. The second-order valence-electron chi connectivity index (χ2n) is 3.92. The van der Waals surface area contributed by atoms with E-state index in [1.165, 1.54) is 31.4 Å². The first-order valence-corrected chi connectivity index (χ1v) is 5.60. The Bertz CT molecular complexity index is 542. The molecule has 2 rings (SSSR count). The van der Waals surface area contributed by atoms with E-state index < -0.39 is 18.2 Å². The summed E-state index contributed by atoms with van der Waals surface area (Å²) in [5, 5.41) is 0. The second-order valence-corrected chi connectivity index (χ2v) is 4.29. The quantitative estimate of drug-likeness (QED) is 0.587. The maximum Gasteiger partial charge on any atom is 0.413 e. The van der Waals surface area contributed by atoms with Crippen molar-refractivity contribution in [2.75, 3.05) is 11.5 Å². The summed E-state index contributed by atoms with van der Waals surface area (Å²) < 4.78 is 43.2. The Morgan fingerprint density at radius 2 is 2.11 bits per heavy atom. The number of fused-ring (bicyclic) bond motifs is 1. The van der Waals surface area contributed by atoms with E-state index in [2.05, 4.69) is 4.74 Å². The van der Waals surface area contributed by atoms with E-state index >= 15 is 0 Å². The maximum atomic E-state index is 12.7. The summed E-state index contributed by atoms with van der Waals surface area (Å²) in [5.41, 5.74) is 0.874. The molecule has 1 heterocycles. The van der Waals surface area contributed by atoms with Crippen LogP contribution >= 0.6 is 11.8 Å². The number of rotatable bonds is 1. The summed E-state index contributed by atoms with van der Waals surface area (Å²) in [4.78, 5) is 11.3. The van der Waals surface area contributed by atoms with Gasteiger partial charge in [-0.1, -0.05) is 12.2 Å². The van der Waals surface area contributed by atoms with Gasteiger partial charge in [-0.2, -0.15) is 13.2 Å². The zero-order chi connectivity index (χ0) is 14.2. The Morgan fingerprint density at radius 1 is 1.42 bits per heavy atom.